The van der Waals surface area contributed by atoms with E-state index in [-0.39, 0.29) is 12.3 Å². The average Bonchev–Trinajstić information content (AvgIpc) is 3.36. The van der Waals surface area contributed by atoms with E-state index in [4.69, 9.17) is 11.6 Å². The fraction of sp³-hybridized carbons (Fsp3) is 0.367. The van der Waals surface area contributed by atoms with E-state index in [9.17, 15) is 14.7 Å². The van der Waals surface area contributed by atoms with Gasteiger partial charge in [-0.1, -0.05) is 60.0 Å². The van der Waals surface area contributed by atoms with Crippen molar-refractivity contribution < 1.29 is 14.7 Å². The van der Waals surface area contributed by atoms with Gasteiger partial charge in [-0.2, -0.15) is 0 Å². The zero-order valence-corrected chi connectivity index (χ0v) is 22.4. The van der Waals surface area contributed by atoms with E-state index in [1.54, 1.807) is 10.9 Å². The number of carboxylic acids is 1. The fourth-order valence-electron chi connectivity index (χ4n) is 5.79. The van der Waals surface area contributed by atoms with Crippen molar-refractivity contribution in [3.05, 3.63) is 87.1 Å². The minimum absolute atomic E-state index is 0.0163. The number of carbonyl (C=O) groups excluding carboxylic acids is 1. The summed E-state index contributed by atoms with van der Waals surface area (Å²) in [4.78, 5) is 31.8. The molecule has 1 amide bonds. The van der Waals surface area contributed by atoms with Gasteiger partial charge in [0.2, 0.25) is 0 Å². The third kappa shape index (κ3) is 5.13. The summed E-state index contributed by atoms with van der Waals surface area (Å²) in [5, 5.41) is 18.8. The maximum Gasteiger partial charge on any atom is 0.304 e. The molecular formula is C30H30ClN5O3. The maximum absolute atomic E-state index is 13.4. The largest absolute Gasteiger partial charge is 0.481 e. The van der Waals surface area contributed by atoms with Gasteiger partial charge in [-0.15, -0.1) is 5.10 Å². The van der Waals surface area contributed by atoms with Crippen LogP contribution in [0.4, 0.5) is 0 Å². The average molecular weight is 544 g/mol. The molecule has 5 aliphatic heterocycles. The minimum Gasteiger partial charge on any atom is -0.481 e. The molecule has 2 aromatic carbocycles. The van der Waals surface area contributed by atoms with Crippen molar-refractivity contribution >= 4 is 34.6 Å². The van der Waals surface area contributed by atoms with Gasteiger partial charge in [-0.3, -0.25) is 9.59 Å². The van der Waals surface area contributed by atoms with Crippen LogP contribution in [0.5, 0.6) is 0 Å². The Bertz CT molecular complexity index is 1550. The lowest BCUT2D eigenvalue weighted by atomic mass is 9.86. The molecule has 200 valence electrons. The second-order valence-corrected chi connectivity index (χ2v) is 10.9. The van der Waals surface area contributed by atoms with Gasteiger partial charge >= 0.3 is 5.97 Å². The monoisotopic (exact) mass is 543 g/mol. The third-order valence-corrected chi connectivity index (χ3v) is 8.37. The number of halogens is 1. The molecule has 9 bridgehead atoms. The van der Waals surface area contributed by atoms with E-state index >= 15 is 0 Å². The van der Waals surface area contributed by atoms with Crippen LogP contribution in [0, 0.1) is 0 Å². The van der Waals surface area contributed by atoms with E-state index in [1.807, 2.05) is 35.2 Å². The standard InChI is InChI=1S/C30H30ClN5O3/c31-27-25-17-32-29-28(27)33-34-36(29)13-4-2-1-3-5-19-6-8-21(9-7-19)30(39)35-14-12-20-10-11-22(15-23(20)18-35)24(25)16-26(37)38/h6-11,15,17,24H,1-5,12-14,16,18H2,(H,37,38). The van der Waals surface area contributed by atoms with Gasteiger partial charge in [0.05, 0.1) is 11.4 Å². The number of carboxylic acid groups (broad SMARTS) is 1. The molecule has 8 nitrogen and oxygen atoms in total. The molecule has 5 aliphatic rings. The molecule has 1 atom stereocenters. The highest BCUT2D eigenvalue weighted by atomic mass is 35.5. The molecular weight excluding hydrogens is 514 g/mol. The third-order valence-electron chi connectivity index (χ3n) is 7.97. The number of aromatic nitrogens is 4. The van der Waals surface area contributed by atoms with Crippen molar-refractivity contribution in [2.45, 2.75) is 64.0 Å². The highest BCUT2D eigenvalue weighted by Crippen LogP contribution is 2.37. The first-order valence-corrected chi connectivity index (χ1v) is 13.9. The summed E-state index contributed by atoms with van der Waals surface area (Å²) in [5.74, 6) is -1.43. The minimum atomic E-state index is -0.931. The number of rotatable bonds is 2. The predicted octanol–water partition coefficient (Wildman–Crippen LogP) is 5.40. The van der Waals surface area contributed by atoms with Crippen LogP contribution in [-0.4, -0.2) is 48.4 Å². The zero-order chi connectivity index (χ0) is 26.9. The molecule has 1 N–H and O–H groups in total. The normalized spacial score (nSPS) is 18.0. The van der Waals surface area contributed by atoms with Crippen LogP contribution in [0.25, 0.3) is 11.2 Å². The molecule has 4 aromatic rings. The summed E-state index contributed by atoms with van der Waals surface area (Å²) in [6, 6.07) is 14.0. The predicted molar refractivity (Wildman–Crippen MR) is 148 cm³/mol. The van der Waals surface area contributed by atoms with Crippen molar-refractivity contribution in [2.24, 2.45) is 0 Å². The van der Waals surface area contributed by atoms with Crippen LogP contribution in [-0.2, 0) is 30.7 Å². The van der Waals surface area contributed by atoms with Crippen molar-refractivity contribution in [2.75, 3.05) is 6.54 Å². The Morgan fingerprint density at radius 3 is 2.64 bits per heavy atom. The first kappa shape index (κ1) is 25.5. The summed E-state index contributed by atoms with van der Waals surface area (Å²) in [7, 11) is 0. The molecule has 0 spiro atoms. The van der Waals surface area contributed by atoms with Crippen LogP contribution in [0.1, 0.15) is 76.2 Å². The van der Waals surface area contributed by atoms with E-state index in [2.05, 4.69) is 27.4 Å². The van der Waals surface area contributed by atoms with E-state index in [1.165, 1.54) is 11.1 Å². The van der Waals surface area contributed by atoms with Crippen LogP contribution in [0.3, 0.4) is 0 Å². The number of carbonyl (C=O) groups is 2. The first-order valence-electron chi connectivity index (χ1n) is 13.6. The highest BCUT2D eigenvalue weighted by Gasteiger charge is 2.27. The maximum atomic E-state index is 13.4. The second-order valence-electron chi connectivity index (χ2n) is 10.5. The Labute approximate surface area is 231 Å². The van der Waals surface area contributed by atoms with Gasteiger partial charge < -0.3 is 10.0 Å². The topological polar surface area (TPSA) is 101 Å². The Hall–Kier alpha value is -3.78. The summed E-state index contributed by atoms with van der Waals surface area (Å²) in [5.41, 5.74) is 6.67. The van der Waals surface area contributed by atoms with Crippen molar-refractivity contribution in [1.82, 2.24) is 24.9 Å². The first-order chi connectivity index (χ1) is 19.0. The lowest BCUT2D eigenvalue weighted by molar-refractivity contribution is -0.137. The summed E-state index contributed by atoms with van der Waals surface area (Å²) >= 11 is 6.85. The Morgan fingerprint density at radius 1 is 1.00 bits per heavy atom. The summed E-state index contributed by atoms with van der Waals surface area (Å²) in [6.45, 7) is 1.81. The molecule has 39 heavy (non-hydrogen) atoms. The van der Waals surface area contributed by atoms with Crippen LogP contribution in [0.15, 0.2) is 48.7 Å². The number of benzene rings is 2. The molecule has 9 heteroatoms. The Kier molecular flexibility index (Phi) is 7.04. The summed E-state index contributed by atoms with van der Waals surface area (Å²) in [6.07, 6.45) is 7.43. The van der Waals surface area contributed by atoms with Crippen LogP contribution >= 0.6 is 11.6 Å². The van der Waals surface area contributed by atoms with Crippen LogP contribution < -0.4 is 0 Å². The molecule has 7 heterocycles. The lowest BCUT2D eigenvalue weighted by Crippen LogP contribution is -2.36. The number of hydrogen-bond donors (Lipinski definition) is 1. The number of amides is 1. The highest BCUT2D eigenvalue weighted by molar-refractivity contribution is 6.35. The van der Waals surface area contributed by atoms with Gasteiger partial charge in [0.15, 0.2) is 11.2 Å². The van der Waals surface area contributed by atoms with Crippen molar-refractivity contribution in [1.29, 1.82) is 0 Å². The zero-order valence-electron chi connectivity index (χ0n) is 21.6. The Morgan fingerprint density at radius 2 is 1.82 bits per heavy atom. The molecule has 0 aliphatic carbocycles. The van der Waals surface area contributed by atoms with Gasteiger partial charge in [0.25, 0.3) is 5.91 Å². The van der Waals surface area contributed by atoms with Crippen molar-refractivity contribution in [3.63, 3.8) is 0 Å². The Balaban J connectivity index is 1.41. The molecule has 0 saturated heterocycles. The lowest BCUT2D eigenvalue weighted by Gasteiger charge is -2.30. The molecule has 2 aromatic heterocycles. The molecule has 0 radical (unpaired) electrons. The number of nitrogens with zero attached hydrogens (tertiary/aromatic N) is 5. The molecule has 1 unspecified atom stereocenters. The molecule has 0 fully saturated rings. The van der Waals surface area contributed by atoms with Crippen molar-refractivity contribution in [3.8, 4) is 0 Å². The van der Waals surface area contributed by atoms with Gasteiger partial charge in [0, 0.05) is 37.3 Å². The fourth-order valence-corrected chi connectivity index (χ4v) is 6.09. The van der Waals surface area contributed by atoms with E-state index in [0.29, 0.717) is 46.9 Å². The second kappa shape index (κ2) is 10.8. The van der Waals surface area contributed by atoms with E-state index in [0.717, 1.165) is 49.7 Å². The SMILES string of the molecule is O=C(O)CC1c2ccc3c(c2)CN(CC3)C(=O)c2ccc(cc2)CCCCCCn2nnc3c(Cl)c1cnc32. The van der Waals surface area contributed by atoms with Crippen LogP contribution in [0.2, 0.25) is 5.02 Å². The molecule has 0 saturated carbocycles. The number of aliphatic carboxylic acids is 1. The number of pyridine rings is 1. The smallest absolute Gasteiger partial charge is 0.304 e. The summed E-state index contributed by atoms with van der Waals surface area (Å²) < 4.78 is 1.78. The van der Waals surface area contributed by atoms with Gasteiger partial charge in [0.1, 0.15) is 0 Å². The van der Waals surface area contributed by atoms with E-state index < -0.39 is 11.9 Å². The van der Waals surface area contributed by atoms with Gasteiger partial charge in [-0.05, 0) is 65.6 Å². The van der Waals surface area contributed by atoms with Gasteiger partial charge in [-0.25, -0.2) is 9.67 Å². The number of hydrogen-bond acceptors (Lipinski definition) is 5. The molecule has 9 rings (SSSR count). The quantitative estimate of drug-likeness (QED) is 0.363. The number of aryl methyl sites for hydroxylation is 2.